The molecule has 1 unspecified atom stereocenters. The summed E-state index contributed by atoms with van der Waals surface area (Å²) in [7, 11) is 0. The average molecular weight is 311 g/mol. The highest BCUT2D eigenvalue weighted by Gasteiger charge is 2.34. The number of benzene rings is 1. The molecule has 0 saturated carbocycles. The molecule has 1 aliphatic rings. The molecule has 2 rings (SSSR count). The Morgan fingerprint density at radius 2 is 2.19 bits per heavy atom. The highest BCUT2D eigenvalue weighted by atomic mass is 35.5. The Hall–Kier alpha value is -1.75. The number of hydrogen-bond donors (Lipinski definition) is 1. The van der Waals surface area contributed by atoms with Gasteiger partial charge in [-0.1, -0.05) is 17.7 Å². The maximum atomic E-state index is 12.7. The van der Waals surface area contributed by atoms with E-state index in [9.17, 15) is 9.59 Å². The van der Waals surface area contributed by atoms with Crippen LogP contribution in [0, 0.1) is 0 Å². The van der Waals surface area contributed by atoms with Crippen LogP contribution >= 0.6 is 11.6 Å². The van der Waals surface area contributed by atoms with Crippen LogP contribution in [-0.4, -0.2) is 36.0 Å². The third-order valence-corrected chi connectivity index (χ3v) is 4.00. The van der Waals surface area contributed by atoms with Crippen LogP contribution in [0.1, 0.15) is 36.5 Å². The fourth-order valence-electron chi connectivity index (χ4n) is 2.53. The van der Waals surface area contributed by atoms with E-state index in [4.69, 9.17) is 22.1 Å². The Bertz CT molecular complexity index is 548. The van der Waals surface area contributed by atoms with Crippen molar-refractivity contribution in [2.24, 2.45) is 0 Å². The number of carbonyl (C=O) groups excluding carboxylic acids is 2. The fourth-order valence-corrected chi connectivity index (χ4v) is 2.73. The summed E-state index contributed by atoms with van der Waals surface area (Å²) in [4.78, 5) is 26.2. The lowest BCUT2D eigenvalue weighted by Crippen LogP contribution is -2.48. The predicted octanol–water partition coefficient (Wildman–Crippen LogP) is 2.48. The van der Waals surface area contributed by atoms with Gasteiger partial charge in [0, 0.05) is 6.54 Å². The van der Waals surface area contributed by atoms with Gasteiger partial charge in [-0.15, -0.1) is 0 Å². The van der Waals surface area contributed by atoms with E-state index in [1.165, 1.54) is 0 Å². The van der Waals surface area contributed by atoms with Crippen LogP contribution in [0.2, 0.25) is 5.02 Å². The van der Waals surface area contributed by atoms with Crippen LogP contribution in [0.5, 0.6) is 0 Å². The lowest BCUT2D eigenvalue weighted by atomic mass is 10.0. The summed E-state index contributed by atoms with van der Waals surface area (Å²) in [6, 6.07) is 4.40. The molecule has 0 aliphatic carbocycles. The smallest absolute Gasteiger partial charge is 0.328 e. The topological polar surface area (TPSA) is 72.6 Å². The van der Waals surface area contributed by atoms with Gasteiger partial charge < -0.3 is 15.4 Å². The van der Waals surface area contributed by atoms with Gasteiger partial charge in [-0.3, -0.25) is 4.79 Å². The van der Waals surface area contributed by atoms with Crippen molar-refractivity contribution in [3.05, 3.63) is 28.8 Å². The number of anilines is 1. The molecule has 2 N–H and O–H groups in total. The van der Waals surface area contributed by atoms with Crippen LogP contribution < -0.4 is 5.73 Å². The van der Waals surface area contributed by atoms with Crippen molar-refractivity contribution in [3.63, 3.8) is 0 Å². The first-order chi connectivity index (χ1) is 10.1. The second kappa shape index (κ2) is 6.80. The zero-order valence-corrected chi connectivity index (χ0v) is 12.7. The first-order valence-electron chi connectivity index (χ1n) is 7.07. The summed E-state index contributed by atoms with van der Waals surface area (Å²) >= 11 is 6.11. The molecule has 1 saturated heterocycles. The number of likely N-dealkylation sites (tertiary alicyclic amines) is 1. The van der Waals surface area contributed by atoms with Crippen molar-refractivity contribution in [1.82, 2.24) is 4.90 Å². The molecule has 1 amide bonds. The number of nitrogen functional groups attached to an aromatic ring is 1. The Balaban J connectivity index is 2.26. The fraction of sp³-hybridized carbons (Fsp3) is 0.467. The van der Waals surface area contributed by atoms with E-state index in [0.717, 1.165) is 12.8 Å². The molecule has 1 aliphatic heterocycles. The number of hydrogen-bond acceptors (Lipinski definition) is 4. The summed E-state index contributed by atoms with van der Waals surface area (Å²) in [5.41, 5.74) is 6.42. The SMILES string of the molecule is CCOC(=O)C1CCCCN1C(=O)c1cccc(N)c1Cl. The van der Waals surface area contributed by atoms with E-state index in [-0.39, 0.29) is 16.9 Å². The van der Waals surface area contributed by atoms with Crippen molar-refractivity contribution in [2.75, 3.05) is 18.9 Å². The summed E-state index contributed by atoms with van der Waals surface area (Å²) < 4.78 is 5.06. The molecule has 21 heavy (non-hydrogen) atoms. The molecular weight excluding hydrogens is 292 g/mol. The Labute approximate surface area is 129 Å². The van der Waals surface area contributed by atoms with Crippen molar-refractivity contribution in [3.8, 4) is 0 Å². The summed E-state index contributed by atoms with van der Waals surface area (Å²) in [6.07, 6.45) is 2.38. The maximum absolute atomic E-state index is 12.7. The number of esters is 1. The largest absolute Gasteiger partial charge is 0.464 e. The predicted molar refractivity (Wildman–Crippen MR) is 81.2 cm³/mol. The quantitative estimate of drug-likeness (QED) is 0.687. The molecule has 1 heterocycles. The minimum Gasteiger partial charge on any atom is -0.464 e. The highest BCUT2D eigenvalue weighted by Crippen LogP contribution is 2.27. The minimum absolute atomic E-state index is 0.232. The third kappa shape index (κ3) is 3.29. The van der Waals surface area contributed by atoms with Gasteiger partial charge in [-0.2, -0.15) is 0 Å². The number of nitrogens with zero attached hydrogens (tertiary/aromatic N) is 1. The molecule has 0 spiro atoms. The van der Waals surface area contributed by atoms with Crippen molar-refractivity contribution < 1.29 is 14.3 Å². The van der Waals surface area contributed by atoms with Gasteiger partial charge in [-0.25, -0.2) is 4.79 Å². The van der Waals surface area contributed by atoms with E-state index in [0.29, 0.717) is 30.8 Å². The van der Waals surface area contributed by atoms with Gasteiger partial charge in [0.1, 0.15) is 6.04 Å². The molecule has 1 atom stereocenters. The van der Waals surface area contributed by atoms with Crippen molar-refractivity contribution in [1.29, 1.82) is 0 Å². The van der Waals surface area contributed by atoms with Gasteiger partial charge in [0.15, 0.2) is 0 Å². The maximum Gasteiger partial charge on any atom is 0.328 e. The normalized spacial score (nSPS) is 18.4. The van der Waals surface area contributed by atoms with Gasteiger partial charge >= 0.3 is 5.97 Å². The molecule has 0 bridgehead atoms. The van der Waals surface area contributed by atoms with Gasteiger partial charge in [0.05, 0.1) is 22.9 Å². The van der Waals surface area contributed by atoms with Gasteiger partial charge in [-0.05, 0) is 38.3 Å². The Kier molecular flexibility index (Phi) is 5.07. The summed E-state index contributed by atoms with van der Waals surface area (Å²) in [5.74, 6) is -0.629. The number of nitrogens with two attached hydrogens (primary N) is 1. The van der Waals surface area contributed by atoms with Gasteiger partial charge in [0.2, 0.25) is 0 Å². The molecule has 1 aromatic carbocycles. The summed E-state index contributed by atoms with van der Waals surface area (Å²) in [6.45, 7) is 2.57. The van der Waals surface area contributed by atoms with E-state index in [1.807, 2.05) is 0 Å². The lowest BCUT2D eigenvalue weighted by Gasteiger charge is -2.34. The van der Waals surface area contributed by atoms with Crippen LogP contribution in [-0.2, 0) is 9.53 Å². The first-order valence-corrected chi connectivity index (χ1v) is 7.45. The van der Waals surface area contributed by atoms with E-state index in [1.54, 1.807) is 30.0 Å². The zero-order valence-electron chi connectivity index (χ0n) is 12.0. The molecule has 0 aromatic heterocycles. The van der Waals surface area contributed by atoms with Crippen molar-refractivity contribution in [2.45, 2.75) is 32.2 Å². The lowest BCUT2D eigenvalue weighted by molar-refractivity contribution is -0.149. The average Bonchev–Trinajstić information content (AvgIpc) is 2.49. The van der Waals surface area contributed by atoms with E-state index in [2.05, 4.69) is 0 Å². The second-order valence-electron chi connectivity index (χ2n) is 4.97. The van der Waals surface area contributed by atoms with Crippen LogP contribution in [0.15, 0.2) is 18.2 Å². The van der Waals surface area contributed by atoms with Gasteiger partial charge in [0.25, 0.3) is 5.91 Å². The highest BCUT2D eigenvalue weighted by molar-refractivity contribution is 6.36. The Morgan fingerprint density at radius 1 is 1.43 bits per heavy atom. The zero-order chi connectivity index (χ0) is 15.4. The monoisotopic (exact) mass is 310 g/mol. The van der Waals surface area contributed by atoms with E-state index < -0.39 is 6.04 Å². The molecule has 0 radical (unpaired) electrons. The summed E-state index contributed by atoms with van der Waals surface area (Å²) in [5, 5.41) is 0.232. The number of piperidine rings is 1. The van der Waals surface area contributed by atoms with E-state index >= 15 is 0 Å². The number of ether oxygens (including phenoxy) is 1. The molecular formula is C15H19ClN2O3. The van der Waals surface area contributed by atoms with Crippen molar-refractivity contribution >= 4 is 29.2 Å². The molecule has 1 fully saturated rings. The standard InChI is InChI=1S/C15H19ClN2O3/c1-2-21-15(20)12-8-3-4-9-18(12)14(19)10-6-5-7-11(17)13(10)16/h5-7,12H,2-4,8-9,17H2,1H3. The minimum atomic E-state index is -0.538. The second-order valence-corrected chi connectivity index (χ2v) is 5.35. The molecule has 1 aromatic rings. The third-order valence-electron chi connectivity index (χ3n) is 3.58. The number of carbonyl (C=O) groups is 2. The van der Waals surface area contributed by atoms with Crippen LogP contribution in [0.3, 0.4) is 0 Å². The Morgan fingerprint density at radius 3 is 2.90 bits per heavy atom. The van der Waals surface area contributed by atoms with Crippen LogP contribution in [0.25, 0.3) is 0 Å². The molecule has 114 valence electrons. The number of amides is 1. The number of rotatable bonds is 3. The number of halogens is 1. The molecule has 6 heteroatoms. The van der Waals surface area contributed by atoms with Crippen LogP contribution in [0.4, 0.5) is 5.69 Å². The first kappa shape index (κ1) is 15.6. The molecule has 5 nitrogen and oxygen atoms in total.